The first-order valence-corrected chi connectivity index (χ1v) is 6.03. The highest BCUT2D eigenvalue weighted by Crippen LogP contribution is 2.39. The molecule has 0 radical (unpaired) electrons. The number of carbonyl (C=O) groups is 1. The molecule has 3 heteroatoms. The maximum atomic E-state index is 11.1. The SMILES string of the molecule is CC(C(=O)O)C1CCc2ccc(N(C)C)cc21. The van der Waals surface area contributed by atoms with Gasteiger partial charge in [0.25, 0.3) is 0 Å². The van der Waals surface area contributed by atoms with Gasteiger partial charge in [-0.3, -0.25) is 4.79 Å². The molecule has 0 saturated carbocycles. The van der Waals surface area contributed by atoms with Gasteiger partial charge in [0.05, 0.1) is 5.92 Å². The van der Waals surface area contributed by atoms with Crippen molar-refractivity contribution in [3.63, 3.8) is 0 Å². The van der Waals surface area contributed by atoms with Gasteiger partial charge in [0.2, 0.25) is 0 Å². The van der Waals surface area contributed by atoms with E-state index in [4.69, 9.17) is 5.11 Å². The van der Waals surface area contributed by atoms with Crippen molar-refractivity contribution >= 4 is 11.7 Å². The van der Waals surface area contributed by atoms with Crippen molar-refractivity contribution in [2.24, 2.45) is 5.92 Å². The lowest BCUT2D eigenvalue weighted by Gasteiger charge is -2.19. The van der Waals surface area contributed by atoms with Crippen LogP contribution in [0.2, 0.25) is 0 Å². The normalized spacial score (nSPS) is 19.8. The lowest BCUT2D eigenvalue weighted by atomic mass is 9.88. The minimum absolute atomic E-state index is 0.169. The van der Waals surface area contributed by atoms with Crippen molar-refractivity contribution in [1.82, 2.24) is 0 Å². The number of benzene rings is 1. The number of aryl methyl sites for hydroxylation is 1. The van der Waals surface area contributed by atoms with E-state index in [1.165, 1.54) is 11.1 Å². The van der Waals surface area contributed by atoms with Crippen molar-refractivity contribution in [1.29, 1.82) is 0 Å². The summed E-state index contributed by atoms with van der Waals surface area (Å²) < 4.78 is 0. The number of carboxylic acids is 1. The molecule has 0 bridgehead atoms. The van der Waals surface area contributed by atoms with Gasteiger partial charge in [0.1, 0.15) is 0 Å². The predicted molar refractivity (Wildman–Crippen MR) is 68.6 cm³/mol. The predicted octanol–water partition coefficient (Wildman–Crippen LogP) is 2.50. The Morgan fingerprint density at radius 2 is 2.18 bits per heavy atom. The van der Waals surface area contributed by atoms with E-state index in [0.29, 0.717) is 0 Å². The summed E-state index contributed by atoms with van der Waals surface area (Å²) in [6.45, 7) is 1.81. The lowest BCUT2D eigenvalue weighted by molar-refractivity contribution is -0.141. The summed E-state index contributed by atoms with van der Waals surface area (Å²) in [5, 5.41) is 9.14. The van der Waals surface area contributed by atoms with E-state index in [0.717, 1.165) is 18.5 Å². The molecule has 0 saturated heterocycles. The van der Waals surface area contributed by atoms with Crippen molar-refractivity contribution in [2.45, 2.75) is 25.7 Å². The van der Waals surface area contributed by atoms with Crippen LogP contribution in [-0.2, 0) is 11.2 Å². The van der Waals surface area contributed by atoms with E-state index in [2.05, 4.69) is 23.1 Å². The van der Waals surface area contributed by atoms with Gasteiger partial charge < -0.3 is 10.0 Å². The van der Waals surface area contributed by atoms with Crippen molar-refractivity contribution in [3.05, 3.63) is 29.3 Å². The molecule has 2 atom stereocenters. The van der Waals surface area contributed by atoms with E-state index < -0.39 is 5.97 Å². The second kappa shape index (κ2) is 4.40. The first-order chi connectivity index (χ1) is 8.00. The lowest BCUT2D eigenvalue weighted by Crippen LogP contribution is -2.17. The van der Waals surface area contributed by atoms with Crippen LogP contribution in [-0.4, -0.2) is 25.2 Å². The Balaban J connectivity index is 2.35. The molecule has 2 rings (SSSR count). The quantitative estimate of drug-likeness (QED) is 0.872. The molecule has 1 aromatic rings. The van der Waals surface area contributed by atoms with Gasteiger partial charge >= 0.3 is 5.97 Å². The highest BCUT2D eigenvalue weighted by Gasteiger charge is 2.31. The van der Waals surface area contributed by atoms with Gasteiger partial charge in [-0.2, -0.15) is 0 Å². The van der Waals surface area contributed by atoms with Crippen LogP contribution < -0.4 is 4.90 Å². The Hall–Kier alpha value is -1.51. The fraction of sp³-hybridized carbons (Fsp3) is 0.500. The monoisotopic (exact) mass is 233 g/mol. The second-order valence-corrected chi connectivity index (χ2v) is 5.05. The van der Waals surface area contributed by atoms with E-state index >= 15 is 0 Å². The van der Waals surface area contributed by atoms with Gasteiger partial charge in [-0.25, -0.2) is 0 Å². The van der Waals surface area contributed by atoms with Gasteiger partial charge in [-0.15, -0.1) is 0 Å². The topological polar surface area (TPSA) is 40.5 Å². The fourth-order valence-electron chi connectivity index (χ4n) is 2.59. The molecule has 92 valence electrons. The molecular formula is C14H19NO2. The zero-order chi connectivity index (χ0) is 12.6. The van der Waals surface area contributed by atoms with Crippen LogP contribution >= 0.6 is 0 Å². The standard InChI is InChI=1S/C14H19NO2/c1-9(14(16)17)12-7-5-10-4-6-11(15(2)3)8-13(10)12/h4,6,8-9,12H,5,7H2,1-3H3,(H,16,17). The average Bonchev–Trinajstić information content (AvgIpc) is 2.70. The summed E-state index contributed by atoms with van der Waals surface area (Å²) in [6.07, 6.45) is 1.96. The number of rotatable bonds is 3. The molecular weight excluding hydrogens is 214 g/mol. The third-order valence-corrected chi connectivity index (χ3v) is 3.76. The average molecular weight is 233 g/mol. The number of carboxylic acid groups (broad SMARTS) is 1. The molecule has 0 spiro atoms. The van der Waals surface area contributed by atoms with Crippen molar-refractivity contribution < 1.29 is 9.90 Å². The Morgan fingerprint density at radius 3 is 2.76 bits per heavy atom. The van der Waals surface area contributed by atoms with Crippen LogP contribution in [0.25, 0.3) is 0 Å². The zero-order valence-electron chi connectivity index (χ0n) is 10.6. The molecule has 0 heterocycles. The summed E-state index contributed by atoms with van der Waals surface area (Å²) in [4.78, 5) is 13.2. The molecule has 17 heavy (non-hydrogen) atoms. The number of hydrogen-bond donors (Lipinski definition) is 1. The Labute approximate surface area is 102 Å². The van der Waals surface area contributed by atoms with E-state index in [-0.39, 0.29) is 11.8 Å². The molecule has 0 aliphatic heterocycles. The molecule has 0 fully saturated rings. The highest BCUT2D eigenvalue weighted by atomic mass is 16.4. The maximum Gasteiger partial charge on any atom is 0.306 e. The van der Waals surface area contributed by atoms with Crippen LogP contribution in [0.15, 0.2) is 18.2 Å². The van der Waals surface area contributed by atoms with Crippen LogP contribution in [0.1, 0.15) is 30.4 Å². The highest BCUT2D eigenvalue weighted by molar-refractivity contribution is 5.71. The van der Waals surface area contributed by atoms with Crippen LogP contribution in [0.4, 0.5) is 5.69 Å². The fourth-order valence-corrected chi connectivity index (χ4v) is 2.59. The number of aliphatic carboxylic acids is 1. The molecule has 0 aromatic heterocycles. The summed E-state index contributed by atoms with van der Waals surface area (Å²) in [5.74, 6) is -0.825. The van der Waals surface area contributed by atoms with Gasteiger partial charge in [0.15, 0.2) is 0 Å². The van der Waals surface area contributed by atoms with Crippen LogP contribution in [0, 0.1) is 5.92 Å². The number of anilines is 1. The summed E-state index contributed by atoms with van der Waals surface area (Å²) in [6, 6.07) is 6.39. The van der Waals surface area contributed by atoms with E-state index in [1.807, 2.05) is 21.0 Å². The Kier molecular flexibility index (Phi) is 3.09. The molecule has 3 nitrogen and oxygen atoms in total. The van der Waals surface area contributed by atoms with Crippen LogP contribution in [0.3, 0.4) is 0 Å². The van der Waals surface area contributed by atoms with Gasteiger partial charge in [-0.05, 0) is 42.0 Å². The third-order valence-electron chi connectivity index (χ3n) is 3.76. The molecule has 2 unspecified atom stereocenters. The summed E-state index contributed by atoms with van der Waals surface area (Å²) in [5.41, 5.74) is 3.69. The largest absolute Gasteiger partial charge is 0.481 e. The maximum absolute atomic E-state index is 11.1. The van der Waals surface area contributed by atoms with Gasteiger partial charge in [0, 0.05) is 19.8 Å². The molecule has 1 aliphatic rings. The summed E-state index contributed by atoms with van der Waals surface area (Å²) >= 11 is 0. The van der Waals surface area contributed by atoms with Gasteiger partial charge in [-0.1, -0.05) is 13.0 Å². The minimum Gasteiger partial charge on any atom is -0.481 e. The molecule has 0 amide bonds. The first-order valence-electron chi connectivity index (χ1n) is 6.03. The first kappa shape index (κ1) is 12.0. The van der Waals surface area contributed by atoms with E-state index in [1.54, 1.807) is 0 Å². The molecule has 1 aliphatic carbocycles. The summed E-state index contributed by atoms with van der Waals surface area (Å²) in [7, 11) is 4.01. The minimum atomic E-state index is -0.696. The number of fused-ring (bicyclic) bond motifs is 1. The zero-order valence-corrected chi connectivity index (χ0v) is 10.6. The number of hydrogen-bond acceptors (Lipinski definition) is 2. The van der Waals surface area contributed by atoms with Crippen molar-refractivity contribution in [2.75, 3.05) is 19.0 Å². The second-order valence-electron chi connectivity index (χ2n) is 5.05. The smallest absolute Gasteiger partial charge is 0.306 e. The third kappa shape index (κ3) is 2.14. The number of nitrogens with zero attached hydrogens (tertiary/aromatic N) is 1. The van der Waals surface area contributed by atoms with Crippen LogP contribution in [0.5, 0.6) is 0 Å². The molecule has 1 aromatic carbocycles. The Bertz CT molecular complexity index is 440. The Morgan fingerprint density at radius 1 is 1.47 bits per heavy atom. The van der Waals surface area contributed by atoms with E-state index in [9.17, 15) is 4.79 Å². The van der Waals surface area contributed by atoms with Crippen molar-refractivity contribution in [3.8, 4) is 0 Å². The molecule has 1 N–H and O–H groups in total.